The maximum absolute atomic E-state index is 2.43. The van der Waals surface area contributed by atoms with Gasteiger partial charge in [-0.3, -0.25) is 0 Å². The largest absolute Gasteiger partial charge is 0.239 e. The van der Waals surface area contributed by atoms with Crippen molar-refractivity contribution in [3.8, 4) is 0 Å². The van der Waals surface area contributed by atoms with Crippen molar-refractivity contribution in [2.24, 2.45) is 11.8 Å². The van der Waals surface area contributed by atoms with Crippen molar-refractivity contribution >= 4 is 6.21 Å². The second-order valence-corrected chi connectivity index (χ2v) is 3.55. The van der Waals surface area contributed by atoms with Crippen LogP contribution in [-0.4, -0.2) is 23.9 Å². The average Bonchev–Trinajstić information content (AvgIpc) is 1.85. The molecule has 1 nitrogen and oxygen atoms in total. The Labute approximate surface area is 63.8 Å². The molecule has 1 rings (SSSR count). The van der Waals surface area contributed by atoms with Crippen LogP contribution < -0.4 is 0 Å². The summed E-state index contributed by atoms with van der Waals surface area (Å²) in [5, 5.41) is 0. The predicted octanol–water partition coefficient (Wildman–Crippen LogP) is 1.77. The molecular weight excluding hydrogens is 122 g/mol. The summed E-state index contributed by atoms with van der Waals surface area (Å²) < 4.78 is 2.43. The molecule has 0 aliphatic carbocycles. The van der Waals surface area contributed by atoms with Gasteiger partial charge < -0.3 is 0 Å². The molecule has 0 saturated heterocycles. The van der Waals surface area contributed by atoms with Crippen molar-refractivity contribution in [2.75, 3.05) is 13.1 Å². The van der Waals surface area contributed by atoms with Gasteiger partial charge in [-0.15, -0.1) is 0 Å². The Balaban J connectivity index is 2.56. The lowest BCUT2D eigenvalue weighted by molar-refractivity contribution is -0.533. The Morgan fingerprint density at radius 3 is 2.70 bits per heavy atom. The Bertz CT molecular complexity index is 138. The summed E-state index contributed by atoms with van der Waals surface area (Å²) in [7, 11) is 0. The highest BCUT2D eigenvalue weighted by atomic mass is 15.0. The Morgan fingerprint density at radius 1 is 1.50 bits per heavy atom. The third-order valence-corrected chi connectivity index (χ3v) is 2.19. The minimum atomic E-state index is 0.795. The Kier molecular flexibility index (Phi) is 2.47. The van der Waals surface area contributed by atoms with Gasteiger partial charge in [-0.05, 0) is 13.3 Å². The van der Waals surface area contributed by atoms with Crippen LogP contribution in [0.15, 0.2) is 0 Å². The zero-order chi connectivity index (χ0) is 7.56. The van der Waals surface area contributed by atoms with E-state index < -0.39 is 0 Å². The molecule has 0 N–H and O–H groups in total. The van der Waals surface area contributed by atoms with Crippen LogP contribution in [0.2, 0.25) is 0 Å². The van der Waals surface area contributed by atoms with E-state index in [1.165, 1.54) is 19.5 Å². The first-order valence-corrected chi connectivity index (χ1v) is 4.31. The van der Waals surface area contributed by atoms with Crippen LogP contribution in [0, 0.1) is 11.8 Å². The highest BCUT2D eigenvalue weighted by Gasteiger charge is 2.19. The number of hydrogen-bond acceptors (Lipinski definition) is 0. The van der Waals surface area contributed by atoms with Gasteiger partial charge in [-0.25, -0.2) is 4.58 Å². The standard InChI is InChI=1S/C9H18N/c1-4-10-6-8(2)5-9(3)7-10/h6,8-9H,4-5,7H2,1-3H3/q+1. The molecule has 1 aliphatic rings. The van der Waals surface area contributed by atoms with Crippen LogP contribution in [0.4, 0.5) is 0 Å². The highest BCUT2D eigenvalue weighted by molar-refractivity contribution is 5.54. The highest BCUT2D eigenvalue weighted by Crippen LogP contribution is 2.14. The lowest BCUT2D eigenvalue weighted by Crippen LogP contribution is -2.29. The zero-order valence-electron chi connectivity index (χ0n) is 7.30. The van der Waals surface area contributed by atoms with Crippen LogP contribution in [0.5, 0.6) is 0 Å². The number of hydrogen-bond donors (Lipinski definition) is 0. The van der Waals surface area contributed by atoms with Gasteiger partial charge >= 0.3 is 0 Å². The fraction of sp³-hybridized carbons (Fsp3) is 0.889. The van der Waals surface area contributed by atoms with E-state index in [2.05, 4.69) is 31.6 Å². The molecule has 2 unspecified atom stereocenters. The van der Waals surface area contributed by atoms with E-state index in [1.54, 1.807) is 0 Å². The molecule has 0 saturated carbocycles. The molecule has 58 valence electrons. The molecule has 0 bridgehead atoms. The van der Waals surface area contributed by atoms with Crippen LogP contribution in [0.25, 0.3) is 0 Å². The SMILES string of the molecule is CC[N+]1=CC(C)CC(C)C1. The quantitative estimate of drug-likeness (QED) is 0.488. The monoisotopic (exact) mass is 140 g/mol. The topological polar surface area (TPSA) is 3.01 Å². The van der Waals surface area contributed by atoms with Crippen LogP contribution in [0.3, 0.4) is 0 Å². The van der Waals surface area contributed by atoms with E-state index in [0.717, 1.165) is 11.8 Å². The van der Waals surface area contributed by atoms with E-state index in [4.69, 9.17) is 0 Å². The summed E-state index contributed by atoms with van der Waals surface area (Å²) in [6.07, 6.45) is 3.75. The molecule has 1 heterocycles. The summed E-state index contributed by atoms with van der Waals surface area (Å²) in [6, 6.07) is 0. The molecular formula is C9H18N+. The third-order valence-electron chi connectivity index (χ3n) is 2.19. The maximum Gasteiger partial charge on any atom is 0.145 e. The van der Waals surface area contributed by atoms with Gasteiger partial charge in [0.05, 0.1) is 0 Å². The molecule has 0 amide bonds. The summed E-state index contributed by atoms with van der Waals surface area (Å²) in [4.78, 5) is 0. The van der Waals surface area contributed by atoms with Crippen molar-refractivity contribution in [3.63, 3.8) is 0 Å². The van der Waals surface area contributed by atoms with E-state index in [9.17, 15) is 0 Å². The van der Waals surface area contributed by atoms with Crippen LogP contribution >= 0.6 is 0 Å². The first kappa shape index (κ1) is 7.77. The van der Waals surface area contributed by atoms with Crippen LogP contribution in [0.1, 0.15) is 27.2 Å². The van der Waals surface area contributed by atoms with Gasteiger partial charge in [0, 0.05) is 11.8 Å². The van der Waals surface area contributed by atoms with E-state index in [0.29, 0.717) is 0 Å². The summed E-state index contributed by atoms with van der Waals surface area (Å²) in [5.41, 5.74) is 0. The minimum Gasteiger partial charge on any atom is -0.239 e. The van der Waals surface area contributed by atoms with Gasteiger partial charge in [0.25, 0.3) is 0 Å². The second-order valence-electron chi connectivity index (χ2n) is 3.55. The average molecular weight is 140 g/mol. The molecule has 0 aromatic carbocycles. The molecule has 1 heteroatoms. The second kappa shape index (κ2) is 3.18. The van der Waals surface area contributed by atoms with E-state index in [1.807, 2.05) is 0 Å². The fourth-order valence-corrected chi connectivity index (χ4v) is 1.83. The van der Waals surface area contributed by atoms with Crippen molar-refractivity contribution in [2.45, 2.75) is 27.2 Å². The third kappa shape index (κ3) is 1.83. The molecule has 10 heavy (non-hydrogen) atoms. The summed E-state index contributed by atoms with van der Waals surface area (Å²) in [6.45, 7) is 9.31. The molecule has 0 fully saturated rings. The molecule has 0 spiro atoms. The van der Waals surface area contributed by atoms with Gasteiger partial charge in [-0.2, -0.15) is 0 Å². The number of rotatable bonds is 1. The molecule has 0 aromatic rings. The van der Waals surface area contributed by atoms with Crippen molar-refractivity contribution < 1.29 is 4.58 Å². The Hall–Kier alpha value is -0.330. The first-order chi connectivity index (χ1) is 4.72. The van der Waals surface area contributed by atoms with E-state index >= 15 is 0 Å². The molecule has 0 aromatic heterocycles. The van der Waals surface area contributed by atoms with Gasteiger partial charge in [0.1, 0.15) is 19.3 Å². The fourth-order valence-electron chi connectivity index (χ4n) is 1.83. The maximum atomic E-state index is 2.43. The zero-order valence-corrected chi connectivity index (χ0v) is 7.30. The van der Waals surface area contributed by atoms with Crippen molar-refractivity contribution in [1.29, 1.82) is 0 Å². The van der Waals surface area contributed by atoms with Gasteiger partial charge in [-0.1, -0.05) is 13.8 Å². The van der Waals surface area contributed by atoms with Crippen molar-refractivity contribution in [3.05, 3.63) is 0 Å². The van der Waals surface area contributed by atoms with Crippen LogP contribution in [-0.2, 0) is 0 Å². The predicted molar refractivity (Wildman–Crippen MR) is 44.7 cm³/mol. The first-order valence-electron chi connectivity index (χ1n) is 4.31. The molecule has 1 aliphatic heterocycles. The smallest absolute Gasteiger partial charge is 0.145 e. The molecule has 2 atom stereocenters. The van der Waals surface area contributed by atoms with E-state index in [-0.39, 0.29) is 0 Å². The minimum absolute atomic E-state index is 0.795. The lowest BCUT2D eigenvalue weighted by Gasteiger charge is -2.17. The number of nitrogens with zero attached hydrogens (tertiary/aromatic N) is 1. The lowest BCUT2D eigenvalue weighted by atomic mass is 9.95. The van der Waals surface area contributed by atoms with Gasteiger partial charge in [0.2, 0.25) is 0 Å². The van der Waals surface area contributed by atoms with Crippen molar-refractivity contribution in [1.82, 2.24) is 0 Å². The van der Waals surface area contributed by atoms with Gasteiger partial charge in [0.15, 0.2) is 0 Å². The summed E-state index contributed by atoms with van der Waals surface area (Å²) >= 11 is 0. The Morgan fingerprint density at radius 2 is 2.20 bits per heavy atom. The molecule has 0 radical (unpaired) electrons. The summed E-state index contributed by atoms with van der Waals surface area (Å²) in [5.74, 6) is 1.68. The normalized spacial score (nSPS) is 33.7.